The van der Waals surface area contributed by atoms with Crippen LogP contribution in [0.2, 0.25) is 0 Å². The van der Waals surface area contributed by atoms with Crippen molar-refractivity contribution in [3.05, 3.63) is 28.5 Å². The number of pyridine rings is 1. The van der Waals surface area contributed by atoms with Crippen molar-refractivity contribution in [3.8, 4) is 0 Å². The zero-order valence-corrected chi connectivity index (χ0v) is 17.5. The molecule has 0 bridgehead atoms. The predicted molar refractivity (Wildman–Crippen MR) is 108 cm³/mol. The predicted octanol–water partition coefficient (Wildman–Crippen LogP) is 4.44. The van der Waals surface area contributed by atoms with Gasteiger partial charge in [-0.2, -0.15) is 5.10 Å². The van der Waals surface area contributed by atoms with Crippen LogP contribution in [0, 0.1) is 5.92 Å². The number of carbonyl (C=O) groups excluding carboxylic acids is 1. The van der Waals surface area contributed by atoms with E-state index >= 15 is 0 Å². The van der Waals surface area contributed by atoms with E-state index in [1.54, 1.807) is 6.20 Å². The summed E-state index contributed by atoms with van der Waals surface area (Å²) >= 11 is 1.42. The third-order valence-electron chi connectivity index (χ3n) is 4.18. The van der Waals surface area contributed by atoms with Crippen LogP contribution in [0.1, 0.15) is 74.6 Å². The van der Waals surface area contributed by atoms with Crippen LogP contribution in [0.3, 0.4) is 0 Å². The fourth-order valence-electron chi connectivity index (χ4n) is 2.80. The van der Waals surface area contributed by atoms with E-state index in [1.165, 1.54) is 11.3 Å². The first-order valence-electron chi connectivity index (χ1n) is 9.28. The highest BCUT2D eigenvalue weighted by molar-refractivity contribution is 7.15. The van der Waals surface area contributed by atoms with E-state index in [4.69, 9.17) is 4.98 Å². The maximum Gasteiger partial charge on any atom is 0.258 e. The molecule has 0 aliphatic rings. The molecule has 144 valence electrons. The molecule has 3 aromatic heterocycles. The van der Waals surface area contributed by atoms with Crippen molar-refractivity contribution >= 4 is 33.4 Å². The molecule has 0 unspecified atom stereocenters. The first-order valence-corrected chi connectivity index (χ1v) is 10.1. The summed E-state index contributed by atoms with van der Waals surface area (Å²) in [6.07, 6.45) is 2.57. The molecule has 1 N–H and O–H groups in total. The highest BCUT2D eigenvalue weighted by Crippen LogP contribution is 2.26. The quantitative estimate of drug-likeness (QED) is 0.677. The molecule has 3 heterocycles. The molecular weight excluding hydrogens is 360 g/mol. The standard InChI is InChI=1S/C19H26N6OS/c1-10(2)7-16-23-24-19(27-16)22-18(26)13-8-15(11(3)4)21-17-14(13)9-20-25(17)12(5)6/h8-12H,7H2,1-6H3,(H,22,24,26). The van der Waals surface area contributed by atoms with E-state index in [0.717, 1.165) is 28.2 Å². The van der Waals surface area contributed by atoms with Gasteiger partial charge in [-0.25, -0.2) is 9.67 Å². The van der Waals surface area contributed by atoms with Crippen LogP contribution in [-0.2, 0) is 6.42 Å². The second-order valence-electron chi connectivity index (χ2n) is 7.72. The van der Waals surface area contributed by atoms with Crippen LogP contribution >= 0.6 is 11.3 Å². The molecule has 3 rings (SSSR count). The molecule has 0 aliphatic heterocycles. The van der Waals surface area contributed by atoms with Crippen LogP contribution < -0.4 is 5.32 Å². The molecule has 0 saturated carbocycles. The smallest absolute Gasteiger partial charge is 0.258 e. The molecule has 0 spiro atoms. The maximum atomic E-state index is 13.0. The van der Waals surface area contributed by atoms with Crippen molar-refractivity contribution in [2.24, 2.45) is 5.92 Å². The van der Waals surface area contributed by atoms with Crippen molar-refractivity contribution in [2.75, 3.05) is 5.32 Å². The molecule has 0 saturated heterocycles. The largest absolute Gasteiger partial charge is 0.296 e. The van der Waals surface area contributed by atoms with Crippen LogP contribution in [0.15, 0.2) is 12.3 Å². The van der Waals surface area contributed by atoms with Crippen molar-refractivity contribution in [3.63, 3.8) is 0 Å². The summed E-state index contributed by atoms with van der Waals surface area (Å²) in [5, 5.41) is 17.8. The fourth-order valence-corrected chi connectivity index (χ4v) is 3.75. The van der Waals surface area contributed by atoms with Gasteiger partial charge in [-0.15, -0.1) is 10.2 Å². The normalized spacial score (nSPS) is 11.9. The average molecular weight is 387 g/mol. The second kappa shape index (κ2) is 7.72. The molecular formula is C19H26N6OS. The minimum atomic E-state index is -0.208. The number of nitrogens with zero attached hydrogens (tertiary/aromatic N) is 5. The van der Waals surface area contributed by atoms with Gasteiger partial charge >= 0.3 is 0 Å². The van der Waals surface area contributed by atoms with E-state index in [0.29, 0.717) is 16.6 Å². The summed E-state index contributed by atoms with van der Waals surface area (Å²) in [5.41, 5.74) is 2.17. The highest BCUT2D eigenvalue weighted by atomic mass is 32.1. The molecule has 0 radical (unpaired) electrons. The fraction of sp³-hybridized carbons (Fsp3) is 0.526. The average Bonchev–Trinajstić information content (AvgIpc) is 3.19. The first kappa shape index (κ1) is 19.4. The van der Waals surface area contributed by atoms with Gasteiger partial charge in [-0.1, -0.05) is 39.0 Å². The lowest BCUT2D eigenvalue weighted by molar-refractivity contribution is 0.102. The van der Waals surface area contributed by atoms with Crippen LogP contribution in [-0.4, -0.2) is 30.9 Å². The summed E-state index contributed by atoms with van der Waals surface area (Å²) in [6.45, 7) is 12.5. The van der Waals surface area contributed by atoms with E-state index in [9.17, 15) is 4.79 Å². The second-order valence-corrected chi connectivity index (χ2v) is 8.78. The SMILES string of the molecule is CC(C)Cc1nnc(NC(=O)c2cc(C(C)C)nc3c2cnn3C(C)C)s1. The lowest BCUT2D eigenvalue weighted by atomic mass is 10.0. The Bertz CT molecular complexity index is 956. The Kier molecular flexibility index (Phi) is 5.55. The lowest BCUT2D eigenvalue weighted by Crippen LogP contribution is -2.14. The molecule has 0 fully saturated rings. The van der Waals surface area contributed by atoms with Crippen molar-refractivity contribution in [2.45, 2.75) is 59.9 Å². The Morgan fingerprint density at radius 2 is 1.93 bits per heavy atom. The van der Waals surface area contributed by atoms with Crippen LogP contribution in [0.4, 0.5) is 5.13 Å². The maximum absolute atomic E-state index is 13.0. The number of amides is 1. The highest BCUT2D eigenvalue weighted by Gasteiger charge is 2.20. The van der Waals surface area contributed by atoms with Gasteiger partial charge < -0.3 is 0 Å². The zero-order valence-electron chi connectivity index (χ0n) is 16.6. The number of rotatable bonds is 6. The van der Waals surface area contributed by atoms with E-state index in [-0.39, 0.29) is 17.9 Å². The minimum Gasteiger partial charge on any atom is -0.296 e. The Morgan fingerprint density at radius 1 is 1.19 bits per heavy atom. The van der Waals surface area contributed by atoms with E-state index < -0.39 is 0 Å². The van der Waals surface area contributed by atoms with Gasteiger partial charge in [0.15, 0.2) is 5.65 Å². The number of hydrogen-bond donors (Lipinski definition) is 1. The summed E-state index contributed by atoms with van der Waals surface area (Å²) in [7, 11) is 0. The monoisotopic (exact) mass is 386 g/mol. The molecule has 27 heavy (non-hydrogen) atoms. The number of aromatic nitrogens is 5. The summed E-state index contributed by atoms with van der Waals surface area (Å²) in [6, 6.07) is 2.01. The van der Waals surface area contributed by atoms with Gasteiger partial charge in [-0.05, 0) is 31.7 Å². The van der Waals surface area contributed by atoms with Crippen LogP contribution in [0.5, 0.6) is 0 Å². The van der Waals surface area contributed by atoms with E-state index in [2.05, 4.69) is 48.3 Å². The lowest BCUT2D eigenvalue weighted by Gasteiger charge is -2.11. The summed E-state index contributed by atoms with van der Waals surface area (Å²) in [4.78, 5) is 17.7. The molecule has 8 heteroatoms. The number of hydrogen-bond acceptors (Lipinski definition) is 6. The van der Waals surface area contributed by atoms with Gasteiger partial charge in [0, 0.05) is 18.2 Å². The third-order valence-corrected chi connectivity index (χ3v) is 5.04. The van der Waals surface area contributed by atoms with Crippen molar-refractivity contribution < 1.29 is 4.79 Å². The van der Waals surface area contributed by atoms with Gasteiger partial charge in [0.1, 0.15) is 5.01 Å². The molecule has 3 aromatic rings. The number of carbonyl (C=O) groups is 1. The minimum absolute atomic E-state index is 0.162. The molecule has 1 amide bonds. The number of fused-ring (bicyclic) bond motifs is 1. The summed E-state index contributed by atoms with van der Waals surface area (Å²) < 4.78 is 1.85. The molecule has 0 aromatic carbocycles. The number of nitrogens with one attached hydrogen (secondary N) is 1. The van der Waals surface area contributed by atoms with Crippen molar-refractivity contribution in [1.29, 1.82) is 0 Å². The topological polar surface area (TPSA) is 85.6 Å². The van der Waals surface area contributed by atoms with Gasteiger partial charge in [-0.3, -0.25) is 10.1 Å². The number of anilines is 1. The molecule has 7 nitrogen and oxygen atoms in total. The third kappa shape index (κ3) is 4.16. The van der Waals surface area contributed by atoms with E-state index in [1.807, 2.05) is 24.6 Å². The van der Waals surface area contributed by atoms with Gasteiger partial charge in [0.05, 0.1) is 17.1 Å². The van der Waals surface area contributed by atoms with Crippen LogP contribution in [0.25, 0.3) is 11.0 Å². The Hall–Kier alpha value is -2.35. The van der Waals surface area contributed by atoms with Gasteiger partial charge in [0.2, 0.25) is 5.13 Å². The van der Waals surface area contributed by atoms with Gasteiger partial charge in [0.25, 0.3) is 5.91 Å². The molecule has 0 atom stereocenters. The molecule has 0 aliphatic carbocycles. The summed E-state index contributed by atoms with van der Waals surface area (Å²) in [5.74, 6) is 0.493. The Morgan fingerprint density at radius 3 is 2.56 bits per heavy atom. The zero-order chi connectivity index (χ0) is 19.7. The Balaban J connectivity index is 1.97. The Labute approximate surface area is 163 Å². The first-order chi connectivity index (χ1) is 12.8. The van der Waals surface area contributed by atoms with Crippen molar-refractivity contribution in [1.82, 2.24) is 25.0 Å².